The SMILES string of the molecule is CC(=O)Oc1ccc2nc(-c3ccc([N+](=O)[O-])cc3)sc2c1. The van der Waals surface area contributed by atoms with Crippen molar-refractivity contribution >= 4 is 33.2 Å². The van der Waals surface area contributed by atoms with Crippen molar-refractivity contribution in [1.82, 2.24) is 4.98 Å². The van der Waals surface area contributed by atoms with Crippen LogP contribution in [0.5, 0.6) is 5.75 Å². The molecule has 6 nitrogen and oxygen atoms in total. The summed E-state index contributed by atoms with van der Waals surface area (Å²) in [5, 5.41) is 11.4. The average molecular weight is 314 g/mol. The van der Waals surface area contributed by atoms with Crippen molar-refractivity contribution < 1.29 is 14.5 Å². The molecule has 22 heavy (non-hydrogen) atoms. The number of non-ortho nitro benzene ring substituents is 1. The van der Waals surface area contributed by atoms with Gasteiger partial charge < -0.3 is 4.74 Å². The van der Waals surface area contributed by atoms with E-state index in [1.807, 2.05) is 0 Å². The number of nitro groups is 1. The summed E-state index contributed by atoms with van der Waals surface area (Å²) >= 11 is 1.43. The van der Waals surface area contributed by atoms with Gasteiger partial charge in [-0.3, -0.25) is 14.9 Å². The molecule has 0 saturated carbocycles. The first kappa shape index (κ1) is 14.2. The van der Waals surface area contributed by atoms with Gasteiger partial charge in [-0.05, 0) is 24.3 Å². The fourth-order valence-electron chi connectivity index (χ4n) is 1.98. The molecule has 0 aliphatic rings. The summed E-state index contributed by atoms with van der Waals surface area (Å²) in [6, 6.07) is 11.5. The number of hydrogen-bond donors (Lipinski definition) is 0. The average Bonchev–Trinajstić information content (AvgIpc) is 2.90. The molecule has 110 valence electrons. The molecule has 3 aromatic rings. The number of fused-ring (bicyclic) bond motifs is 1. The van der Waals surface area contributed by atoms with Crippen molar-refractivity contribution in [1.29, 1.82) is 0 Å². The van der Waals surface area contributed by atoms with Crippen molar-refractivity contribution in [2.45, 2.75) is 6.92 Å². The summed E-state index contributed by atoms with van der Waals surface area (Å²) < 4.78 is 5.93. The zero-order chi connectivity index (χ0) is 15.7. The molecule has 0 radical (unpaired) electrons. The summed E-state index contributed by atoms with van der Waals surface area (Å²) in [5.74, 6) is 0.0957. The molecule has 0 amide bonds. The van der Waals surface area contributed by atoms with Crippen LogP contribution in [-0.2, 0) is 4.79 Å². The lowest BCUT2D eigenvalue weighted by Crippen LogP contribution is -2.00. The number of hydrogen-bond acceptors (Lipinski definition) is 6. The molecule has 0 aliphatic heterocycles. The van der Waals surface area contributed by atoms with Crippen LogP contribution in [0.25, 0.3) is 20.8 Å². The van der Waals surface area contributed by atoms with Gasteiger partial charge in [-0.15, -0.1) is 11.3 Å². The molecule has 1 aromatic heterocycles. The maximum atomic E-state index is 11.0. The van der Waals surface area contributed by atoms with Gasteiger partial charge in [0.05, 0.1) is 15.1 Å². The van der Waals surface area contributed by atoms with E-state index in [-0.39, 0.29) is 11.7 Å². The van der Waals surface area contributed by atoms with E-state index >= 15 is 0 Å². The standard InChI is InChI=1S/C15H10N2O4S/c1-9(18)21-12-6-7-13-14(8-12)22-15(16-13)10-2-4-11(5-3-10)17(19)20/h2-8H,1H3. The van der Waals surface area contributed by atoms with Crippen LogP contribution in [0, 0.1) is 10.1 Å². The Morgan fingerprint density at radius 1 is 1.23 bits per heavy atom. The normalized spacial score (nSPS) is 10.6. The van der Waals surface area contributed by atoms with Crippen LogP contribution in [0.3, 0.4) is 0 Å². The van der Waals surface area contributed by atoms with E-state index in [0.29, 0.717) is 5.75 Å². The fourth-order valence-corrected chi connectivity index (χ4v) is 2.98. The molecule has 0 spiro atoms. The van der Waals surface area contributed by atoms with Gasteiger partial charge in [0.15, 0.2) is 0 Å². The van der Waals surface area contributed by atoms with Crippen LogP contribution in [0.4, 0.5) is 5.69 Å². The lowest BCUT2D eigenvalue weighted by atomic mass is 10.2. The van der Waals surface area contributed by atoms with Crippen LogP contribution in [0.15, 0.2) is 42.5 Å². The van der Waals surface area contributed by atoms with E-state index in [2.05, 4.69) is 4.98 Å². The molecular weight excluding hydrogens is 304 g/mol. The van der Waals surface area contributed by atoms with Gasteiger partial charge in [-0.2, -0.15) is 0 Å². The van der Waals surface area contributed by atoms with Crippen molar-refractivity contribution in [3.63, 3.8) is 0 Å². The molecule has 0 saturated heterocycles. The number of carbonyl (C=O) groups is 1. The third-order valence-electron chi connectivity index (χ3n) is 2.95. The highest BCUT2D eigenvalue weighted by molar-refractivity contribution is 7.21. The highest BCUT2D eigenvalue weighted by atomic mass is 32.1. The van der Waals surface area contributed by atoms with Crippen LogP contribution in [0.2, 0.25) is 0 Å². The van der Waals surface area contributed by atoms with E-state index in [9.17, 15) is 14.9 Å². The first-order valence-corrected chi connectivity index (χ1v) is 7.18. The Morgan fingerprint density at radius 2 is 1.95 bits per heavy atom. The number of thiazole rings is 1. The van der Waals surface area contributed by atoms with Crippen LogP contribution < -0.4 is 4.74 Å². The number of benzene rings is 2. The summed E-state index contributed by atoms with van der Waals surface area (Å²) in [7, 11) is 0. The molecule has 1 heterocycles. The Hall–Kier alpha value is -2.80. The molecule has 7 heteroatoms. The summed E-state index contributed by atoms with van der Waals surface area (Å²) in [5.41, 5.74) is 1.64. The van der Waals surface area contributed by atoms with Crippen molar-refractivity contribution in [2.75, 3.05) is 0 Å². The number of aromatic nitrogens is 1. The first-order valence-electron chi connectivity index (χ1n) is 6.37. The minimum Gasteiger partial charge on any atom is -0.427 e. The molecule has 3 rings (SSSR count). The number of nitro benzene ring substituents is 1. The van der Waals surface area contributed by atoms with E-state index in [1.54, 1.807) is 30.3 Å². The van der Waals surface area contributed by atoms with Gasteiger partial charge in [0, 0.05) is 30.7 Å². The van der Waals surface area contributed by atoms with Crippen LogP contribution >= 0.6 is 11.3 Å². The van der Waals surface area contributed by atoms with Crippen molar-refractivity contribution in [2.24, 2.45) is 0 Å². The highest BCUT2D eigenvalue weighted by Crippen LogP contribution is 2.33. The lowest BCUT2D eigenvalue weighted by Gasteiger charge is -1.99. The van der Waals surface area contributed by atoms with E-state index in [4.69, 9.17) is 4.74 Å². The quantitative estimate of drug-likeness (QED) is 0.318. The van der Waals surface area contributed by atoms with Gasteiger partial charge >= 0.3 is 5.97 Å². The Balaban J connectivity index is 1.97. The maximum Gasteiger partial charge on any atom is 0.308 e. The predicted molar refractivity (Wildman–Crippen MR) is 83.0 cm³/mol. The number of carbonyl (C=O) groups excluding carboxylic acids is 1. The number of ether oxygens (including phenoxy) is 1. The fraction of sp³-hybridized carbons (Fsp3) is 0.0667. The number of rotatable bonds is 3. The highest BCUT2D eigenvalue weighted by Gasteiger charge is 2.10. The Labute approximate surface area is 129 Å². The number of nitrogens with zero attached hydrogens (tertiary/aromatic N) is 2. The number of esters is 1. The van der Waals surface area contributed by atoms with Gasteiger partial charge in [-0.1, -0.05) is 0 Å². The van der Waals surface area contributed by atoms with E-state index in [0.717, 1.165) is 20.8 Å². The molecule has 0 bridgehead atoms. The predicted octanol–water partition coefficient (Wildman–Crippen LogP) is 3.80. The van der Waals surface area contributed by atoms with Gasteiger partial charge in [0.25, 0.3) is 5.69 Å². The second kappa shape index (κ2) is 5.53. The maximum absolute atomic E-state index is 11.0. The van der Waals surface area contributed by atoms with Crippen molar-refractivity contribution in [3.8, 4) is 16.3 Å². The minimum absolute atomic E-state index is 0.0435. The summed E-state index contributed by atoms with van der Waals surface area (Å²) in [4.78, 5) is 25.7. The Bertz CT molecular complexity index is 871. The monoisotopic (exact) mass is 314 g/mol. The Kier molecular flexibility index (Phi) is 3.56. The molecule has 2 aromatic carbocycles. The first-order chi connectivity index (χ1) is 10.5. The molecule has 0 atom stereocenters. The molecule has 0 aliphatic carbocycles. The second-order valence-electron chi connectivity index (χ2n) is 4.55. The summed E-state index contributed by atoms with van der Waals surface area (Å²) in [6.45, 7) is 1.35. The third-order valence-corrected chi connectivity index (χ3v) is 4.01. The topological polar surface area (TPSA) is 82.3 Å². The zero-order valence-corrected chi connectivity index (χ0v) is 12.3. The van der Waals surface area contributed by atoms with Gasteiger partial charge in [-0.25, -0.2) is 4.98 Å². The van der Waals surface area contributed by atoms with E-state index < -0.39 is 4.92 Å². The van der Waals surface area contributed by atoms with Gasteiger partial charge in [0.2, 0.25) is 0 Å². The largest absolute Gasteiger partial charge is 0.427 e. The molecule has 0 N–H and O–H groups in total. The van der Waals surface area contributed by atoms with Gasteiger partial charge in [0.1, 0.15) is 10.8 Å². The van der Waals surface area contributed by atoms with E-state index in [1.165, 1.54) is 30.4 Å². The van der Waals surface area contributed by atoms with Crippen molar-refractivity contribution in [3.05, 3.63) is 52.6 Å². The lowest BCUT2D eigenvalue weighted by molar-refractivity contribution is -0.384. The Morgan fingerprint density at radius 3 is 2.59 bits per heavy atom. The van der Waals surface area contributed by atoms with Crippen LogP contribution in [0.1, 0.15) is 6.92 Å². The molecular formula is C15H10N2O4S. The smallest absolute Gasteiger partial charge is 0.308 e. The van der Waals surface area contributed by atoms with Crippen LogP contribution in [-0.4, -0.2) is 15.9 Å². The second-order valence-corrected chi connectivity index (χ2v) is 5.58. The minimum atomic E-state index is -0.437. The molecule has 0 unspecified atom stereocenters. The summed E-state index contributed by atoms with van der Waals surface area (Å²) in [6.07, 6.45) is 0. The molecule has 0 fully saturated rings. The zero-order valence-electron chi connectivity index (χ0n) is 11.5. The third kappa shape index (κ3) is 2.79.